The van der Waals surface area contributed by atoms with E-state index in [0.29, 0.717) is 6.42 Å². The molecule has 3 heterocycles. The highest BCUT2D eigenvalue weighted by Crippen LogP contribution is 2.33. The molecule has 2 fully saturated rings. The number of esters is 2. The van der Waals surface area contributed by atoms with Gasteiger partial charge in [-0.15, -0.1) is 0 Å². The van der Waals surface area contributed by atoms with Gasteiger partial charge in [-0.05, 0) is 6.07 Å². The van der Waals surface area contributed by atoms with Crippen molar-refractivity contribution in [3.63, 3.8) is 0 Å². The van der Waals surface area contributed by atoms with E-state index in [1.165, 1.54) is 16.8 Å². The number of fused-ring (bicyclic) bond motifs is 1. The third-order valence-corrected chi connectivity index (χ3v) is 4.06. The minimum absolute atomic E-state index is 0.00141. The molecule has 24 heavy (non-hydrogen) atoms. The Labute approximate surface area is 136 Å². The van der Waals surface area contributed by atoms with Gasteiger partial charge in [-0.3, -0.25) is 14.2 Å². The van der Waals surface area contributed by atoms with Crippen molar-refractivity contribution in [2.24, 2.45) is 11.7 Å². The van der Waals surface area contributed by atoms with Crippen molar-refractivity contribution in [2.45, 2.75) is 31.2 Å². The van der Waals surface area contributed by atoms with E-state index in [1.807, 2.05) is 0 Å². The topological polar surface area (TPSA) is 149 Å². The molecule has 0 aliphatic carbocycles. The summed E-state index contributed by atoms with van der Waals surface area (Å²) in [4.78, 5) is 39.0. The van der Waals surface area contributed by atoms with Crippen LogP contribution in [0, 0.1) is 5.92 Å². The van der Waals surface area contributed by atoms with Crippen LogP contribution in [0.25, 0.3) is 0 Å². The van der Waals surface area contributed by atoms with Crippen molar-refractivity contribution in [1.82, 2.24) is 9.55 Å². The highest BCUT2D eigenvalue weighted by molar-refractivity contribution is 5.82. The van der Waals surface area contributed by atoms with Crippen LogP contribution in [-0.4, -0.2) is 46.8 Å². The normalized spacial score (nSPS) is 31.0. The van der Waals surface area contributed by atoms with E-state index in [0.717, 1.165) is 0 Å². The molecule has 0 spiro atoms. The number of carbonyl (C=O) groups is 2. The van der Waals surface area contributed by atoms with Crippen molar-refractivity contribution in [2.75, 3.05) is 18.9 Å². The molecule has 0 saturated carbocycles. The number of ether oxygens (including phenoxy) is 3. The highest BCUT2D eigenvalue weighted by atomic mass is 16.6. The number of rotatable bonds is 1. The Bertz CT molecular complexity index is 705. The maximum atomic E-state index is 11.9. The minimum Gasteiger partial charge on any atom is -0.464 e. The summed E-state index contributed by atoms with van der Waals surface area (Å²) in [6.45, 7) is 0.0732. The number of nitrogens with zero attached hydrogens (tertiary/aromatic N) is 2. The molecule has 0 aromatic carbocycles. The van der Waals surface area contributed by atoms with Crippen molar-refractivity contribution in [1.29, 1.82) is 0 Å². The average molecular weight is 338 g/mol. The van der Waals surface area contributed by atoms with Gasteiger partial charge in [-0.2, -0.15) is 4.98 Å². The van der Waals surface area contributed by atoms with Gasteiger partial charge in [0.2, 0.25) is 0 Å². The second-order valence-corrected chi connectivity index (χ2v) is 5.79. The molecule has 2 saturated heterocycles. The van der Waals surface area contributed by atoms with E-state index in [1.54, 1.807) is 0 Å². The predicted molar refractivity (Wildman–Crippen MR) is 79.4 cm³/mol. The Morgan fingerprint density at radius 1 is 1.21 bits per heavy atom. The van der Waals surface area contributed by atoms with Gasteiger partial charge in [0.1, 0.15) is 30.8 Å². The van der Waals surface area contributed by atoms with Gasteiger partial charge in [0.25, 0.3) is 0 Å². The number of hydrogen-bond donors (Lipinski definition) is 2. The first-order valence-electron chi connectivity index (χ1n) is 7.52. The molecule has 3 rings (SSSR count). The van der Waals surface area contributed by atoms with Crippen molar-refractivity contribution >= 4 is 17.8 Å². The number of nitrogen functional groups attached to an aromatic ring is 1. The molecule has 130 valence electrons. The van der Waals surface area contributed by atoms with E-state index in [4.69, 9.17) is 25.7 Å². The van der Waals surface area contributed by atoms with Gasteiger partial charge in [0.15, 0.2) is 0 Å². The van der Waals surface area contributed by atoms with Gasteiger partial charge in [0, 0.05) is 18.5 Å². The van der Waals surface area contributed by atoms with Gasteiger partial charge >= 0.3 is 17.6 Å². The van der Waals surface area contributed by atoms with E-state index >= 15 is 0 Å². The predicted octanol–water partition coefficient (Wildman–Crippen LogP) is -1.45. The van der Waals surface area contributed by atoms with Crippen LogP contribution in [0.1, 0.15) is 19.1 Å². The fraction of sp³-hybridized carbons (Fsp3) is 0.571. The summed E-state index contributed by atoms with van der Waals surface area (Å²) >= 11 is 0. The number of nitrogens with two attached hydrogens (primary N) is 2. The fourth-order valence-corrected chi connectivity index (χ4v) is 2.75. The Balaban J connectivity index is 1.77. The SMILES string of the molecule is Nc1ccn([C@H]2C[C@@H]3COC(=O)C(N)CC(=O)OC[C@H]3O2)c(=O)n1. The summed E-state index contributed by atoms with van der Waals surface area (Å²) < 4.78 is 17.4. The molecule has 0 bridgehead atoms. The van der Waals surface area contributed by atoms with E-state index in [-0.39, 0.29) is 31.4 Å². The lowest BCUT2D eigenvalue weighted by molar-refractivity contribution is -0.159. The molecule has 4 atom stereocenters. The number of cyclic esters (lactones) is 2. The maximum Gasteiger partial charge on any atom is 0.351 e. The number of carbonyl (C=O) groups excluding carboxylic acids is 2. The van der Waals surface area contributed by atoms with Crippen molar-refractivity contribution in [3.8, 4) is 0 Å². The van der Waals surface area contributed by atoms with Gasteiger partial charge in [-0.25, -0.2) is 4.79 Å². The lowest BCUT2D eigenvalue weighted by Crippen LogP contribution is -2.39. The van der Waals surface area contributed by atoms with E-state index in [9.17, 15) is 14.4 Å². The number of hydrogen-bond acceptors (Lipinski definition) is 9. The monoisotopic (exact) mass is 338 g/mol. The Hall–Kier alpha value is -2.46. The number of anilines is 1. The van der Waals surface area contributed by atoms with Gasteiger partial charge in [0.05, 0.1) is 13.0 Å². The first kappa shape index (κ1) is 16.4. The first-order valence-corrected chi connectivity index (χ1v) is 7.52. The molecule has 2 aliphatic heterocycles. The molecule has 1 aromatic rings. The first-order chi connectivity index (χ1) is 11.4. The summed E-state index contributed by atoms with van der Waals surface area (Å²) in [6.07, 6.45) is 0.538. The Kier molecular flexibility index (Phi) is 4.49. The zero-order valence-electron chi connectivity index (χ0n) is 12.8. The van der Waals surface area contributed by atoms with Crippen LogP contribution in [0.4, 0.5) is 5.82 Å². The third kappa shape index (κ3) is 3.39. The van der Waals surface area contributed by atoms with Crippen molar-refractivity contribution in [3.05, 3.63) is 22.7 Å². The summed E-state index contributed by atoms with van der Waals surface area (Å²) in [7, 11) is 0. The smallest absolute Gasteiger partial charge is 0.351 e. The summed E-state index contributed by atoms with van der Waals surface area (Å²) in [5, 5.41) is 0. The summed E-state index contributed by atoms with van der Waals surface area (Å²) in [6, 6.07) is 0.441. The van der Waals surface area contributed by atoms with E-state index < -0.39 is 36.0 Å². The van der Waals surface area contributed by atoms with E-state index in [2.05, 4.69) is 4.98 Å². The molecule has 10 nitrogen and oxygen atoms in total. The van der Waals surface area contributed by atoms with Gasteiger partial charge < -0.3 is 25.7 Å². The number of aromatic nitrogens is 2. The largest absolute Gasteiger partial charge is 0.464 e. The van der Waals surface area contributed by atoms with Crippen LogP contribution in [0.15, 0.2) is 17.1 Å². The van der Waals surface area contributed by atoms with Crippen LogP contribution in [0.2, 0.25) is 0 Å². The van der Waals surface area contributed by atoms with Crippen LogP contribution in [-0.2, 0) is 23.8 Å². The zero-order chi connectivity index (χ0) is 17.3. The van der Waals surface area contributed by atoms with Crippen molar-refractivity contribution < 1.29 is 23.8 Å². The van der Waals surface area contributed by atoms with Crippen LogP contribution in [0.3, 0.4) is 0 Å². The maximum absolute atomic E-state index is 11.9. The fourth-order valence-electron chi connectivity index (χ4n) is 2.75. The lowest BCUT2D eigenvalue weighted by atomic mass is 10.0. The second-order valence-electron chi connectivity index (χ2n) is 5.79. The molecule has 2 aliphatic rings. The summed E-state index contributed by atoms with van der Waals surface area (Å²) in [5.41, 5.74) is 10.5. The second kappa shape index (κ2) is 6.57. The quantitative estimate of drug-likeness (QED) is 0.586. The average Bonchev–Trinajstić information content (AvgIpc) is 2.92. The third-order valence-electron chi connectivity index (χ3n) is 4.06. The van der Waals surface area contributed by atoms with Gasteiger partial charge in [-0.1, -0.05) is 0 Å². The Morgan fingerprint density at radius 2 is 2.00 bits per heavy atom. The summed E-state index contributed by atoms with van der Waals surface area (Å²) in [5.74, 6) is -1.38. The highest BCUT2D eigenvalue weighted by Gasteiger charge is 2.39. The molecular weight excluding hydrogens is 320 g/mol. The minimum atomic E-state index is -1.05. The molecule has 10 heteroatoms. The van der Waals surface area contributed by atoms with Crippen LogP contribution < -0.4 is 17.2 Å². The Morgan fingerprint density at radius 3 is 2.75 bits per heavy atom. The zero-order valence-corrected chi connectivity index (χ0v) is 12.8. The van der Waals surface area contributed by atoms with Crippen LogP contribution >= 0.6 is 0 Å². The standard InChI is InChI=1S/C14H18N4O6/c15-8-4-12(19)22-6-9-7(5-23-13(8)20)3-11(24-9)18-2-1-10(16)17-14(18)21/h1-2,7-9,11H,3-6,15H2,(H2,16,17,21)/t7-,8?,9-,11-/m1/s1. The lowest BCUT2D eigenvalue weighted by Gasteiger charge is -2.21. The molecule has 1 aromatic heterocycles. The molecule has 0 amide bonds. The molecule has 0 radical (unpaired) electrons. The van der Waals surface area contributed by atoms with Crippen LogP contribution in [0.5, 0.6) is 0 Å². The molecule has 4 N–H and O–H groups in total. The molecule has 1 unspecified atom stereocenters. The molecular formula is C14H18N4O6.